The fraction of sp³-hybridized carbons (Fsp3) is 0.421. The topological polar surface area (TPSA) is 168 Å². The van der Waals surface area contributed by atoms with Crippen LogP contribution < -0.4 is 26.0 Å². The number of nitrogens with one attached hydrogen (secondary N) is 4. The zero-order chi connectivity index (χ0) is 52.4. The number of carbonyl (C=O) groups excluding carboxylic acids is 5. The van der Waals surface area contributed by atoms with Gasteiger partial charge in [-0.1, -0.05) is 80.1 Å². The second kappa shape index (κ2) is 19.8. The van der Waals surface area contributed by atoms with Crippen LogP contribution in [0.1, 0.15) is 109 Å². The molecule has 4 aromatic rings. The van der Waals surface area contributed by atoms with Crippen LogP contribution in [0.3, 0.4) is 0 Å². The van der Waals surface area contributed by atoms with Crippen molar-refractivity contribution in [3.63, 3.8) is 0 Å². The number of morpholine rings is 1. The summed E-state index contributed by atoms with van der Waals surface area (Å²) in [7, 11) is 1.47. The highest BCUT2D eigenvalue weighted by Crippen LogP contribution is 2.57. The highest BCUT2D eigenvalue weighted by Gasteiger charge is 2.62. The van der Waals surface area contributed by atoms with E-state index in [0.29, 0.717) is 64.5 Å². The van der Waals surface area contributed by atoms with Crippen molar-refractivity contribution in [3.8, 4) is 17.6 Å². The molecule has 6 heterocycles. The Kier molecular flexibility index (Phi) is 13.7. The third kappa shape index (κ3) is 9.45. The minimum atomic E-state index is -0.940. The van der Waals surface area contributed by atoms with E-state index in [2.05, 4.69) is 53.9 Å². The maximum absolute atomic E-state index is 16.5. The van der Waals surface area contributed by atoms with E-state index < -0.39 is 52.7 Å². The predicted molar refractivity (Wildman–Crippen MR) is 279 cm³/mol. The van der Waals surface area contributed by atoms with Gasteiger partial charge in [0.1, 0.15) is 17.6 Å². The Labute approximate surface area is 440 Å². The summed E-state index contributed by atoms with van der Waals surface area (Å²) in [5, 5.41) is 13.2. The number of hydrogen-bond donors (Lipinski definition) is 4. The number of methoxy groups -OCH3 is 1. The molecule has 6 aliphatic rings. The van der Waals surface area contributed by atoms with Crippen LogP contribution in [0.5, 0.6) is 5.75 Å². The summed E-state index contributed by atoms with van der Waals surface area (Å²) < 4.78 is 34.7. The fourth-order valence-corrected chi connectivity index (χ4v) is 12.3. The first-order valence-corrected chi connectivity index (χ1v) is 25.8. The van der Waals surface area contributed by atoms with Crippen molar-refractivity contribution in [2.45, 2.75) is 108 Å². The molecule has 4 aromatic carbocycles. The number of rotatable bonds is 8. The van der Waals surface area contributed by atoms with Gasteiger partial charge in [-0.15, -0.1) is 0 Å². The summed E-state index contributed by atoms with van der Waals surface area (Å²) in [5.41, 5.74) is 4.56. The van der Waals surface area contributed by atoms with Crippen molar-refractivity contribution in [2.24, 2.45) is 5.41 Å². The summed E-state index contributed by atoms with van der Waals surface area (Å²) in [5.74, 6) is 3.86. The van der Waals surface area contributed by atoms with Gasteiger partial charge in [0.15, 0.2) is 0 Å². The monoisotopic (exact) mass is 1040 g/mol. The molecule has 4 N–H and O–H groups in total. The van der Waals surface area contributed by atoms with Crippen LogP contribution in [0.2, 0.25) is 10.0 Å². The number of piperidine rings is 1. The molecule has 6 aliphatic heterocycles. The van der Waals surface area contributed by atoms with Crippen molar-refractivity contribution in [1.29, 1.82) is 0 Å². The standard InChI is InChI=1S/C57H59Cl2FN6O8/c1-55(2,3)26-46-57(30-61-42-24-34(58)16-17-39(42)57)48(36-11-8-12-40(59)49(36)60)50(63-46)52(69)62-41-18-15-32(23-45(41)72-6)53(70)65-21-22-73-29-44(65)38-28-74-56(4,5)25-33(38)14-13-31-9-7-10-35-37(31)27-66(54(35)71)43-19-20-47(67)64-51(43)68/h7-12,15-18,23-24,43-44,46,48,50,61,63H,19-22,25-30H2,1-6H3,(H,62,69)(H,64,67,68)/t43?,44-,46+,48+,50-,57+/m1/s1. The lowest BCUT2D eigenvalue weighted by Crippen LogP contribution is -2.52. The van der Waals surface area contributed by atoms with Gasteiger partial charge >= 0.3 is 0 Å². The SMILES string of the molecule is COc1cc(C(=O)N2CCOC[C@@H]2C2=C(C#Cc3cccc4c3CN(C3CCC(=O)NC3=O)C4=O)CC(C)(C)OC2)ccc1NC(=O)[C@@H]1N[C@@H](CC(C)(C)C)[C@@]2(CNc3cc(Cl)ccc32)[C@H]1c1cccc(Cl)c1F. The molecule has 0 radical (unpaired) electrons. The van der Waals surface area contributed by atoms with E-state index in [4.69, 9.17) is 37.4 Å². The molecule has 17 heteroatoms. The quantitative estimate of drug-likeness (QED) is 0.0999. The average Bonchev–Trinajstić information content (AvgIpc) is 4.02. The molecule has 1 unspecified atom stereocenters. The summed E-state index contributed by atoms with van der Waals surface area (Å²) >= 11 is 13.0. The van der Waals surface area contributed by atoms with Crippen molar-refractivity contribution in [1.82, 2.24) is 20.4 Å². The van der Waals surface area contributed by atoms with Crippen molar-refractivity contribution in [3.05, 3.63) is 133 Å². The zero-order valence-corrected chi connectivity index (χ0v) is 43.7. The third-order valence-corrected chi connectivity index (χ3v) is 15.9. The molecule has 74 heavy (non-hydrogen) atoms. The Morgan fingerprint density at radius 2 is 1.80 bits per heavy atom. The maximum Gasteiger partial charge on any atom is 0.255 e. The number of imide groups is 1. The van der Waals surface area contributed by atoms with Crippen LogP contribution in [-0.4, -0.2) is 109 Å². The molecule has 3 saturated heterocycles. The molecule has 1 spiro atoms. The second-order valence-corrected chi connectivity index (χ2v) is 22.7. The lowest BCUT2D eigenvalue weighted by molar-refractivity contribution is -0.137. The molecule has 14 nitrogen and oxygen atoms in total. The van der Waals surface area contributed by atoms with Crippen molar-refractivity contribution >= 4 is 64.1 Å². The Balaban J connectivity index is 0.936. The summed E-state index contributed by atoms with van der Waals surface area (Å²) in [6.45, 7) is 11.9. The number of amides is 5. The Morgan fingerprint density at radius 3 is 2.57 bits per heavy atom. The number of ether oxygens (including phenoxy) is 3. The molecule has 5 amide bonds. The van der Waals surface area contributed by atoms with E-state index in [-0.39, 0.29) is 79.1 Å². The number of anilines is 2. The van der Waals surface area contributed by atoms with Crippen LogP contribution in [0, 0.1) is 23.1 Å². The largest absolute Gasteiger partial charge is 0.495 e. The number of benzene rings is 4. The van der Waals surface area contributed by atoms with Gasteiger partial charge in [-0.3, -0.25) is 29.3 Å². The van der Waals surface area contributed by atoms with Crippen LogP contribution in [0.4, 0.5) is 15.8 Å². The van der Waals surface area contributed by atoms with E-state index in [1.165, 1.54) is 18.1 Å². The van der Waals surface area contributed by atoms with Gasteiger partial charge < -0.3 is 40.0 Å². The molecule has 0 saturated carbocycles. The molecule has 10 rings (SSSR count). The molecule has 6 atom stereocenters. The van der Waals surface area contributed by atoms with Gasteiger partial charge in [-0.05, 0) is 103 Å². The van der Waals surface area contributed by atoms with E-state index in [0.717, 1.165) is 22.4 Å². The normalized spacial score (nSPS) is 25.3. The van der Waals surface area contributed by atoms with Gasteiger partial charge in [0.25, 0.3) is 11.8 Å². The molecular weight excluding hydrogens is 987 g/mol. The maximum atomic E-state index is 16.5. The summed E-state index contributed by atoms with van der Waals surface area (Å²) in [6, 6.07) is 18.3. The summed E-state index contributed by atoms with van der Waals surface area (Å²) in [4.78, 5) is 71.3. The van der Waals surface area contributed by atoms with Gasteiger partial charge in [0.05, 0.1) is 55.3 Å². The van der Waals surface area contributed by atoms with E-state index in [1.807, 2.05) is 38.1 Å². The number of halogens is 3. The van der Waals surface area contributed by atoms with Gasteiger partial charge in [0.2, 0.25) is 17.7 Å². The second-order valence-electron chi connectivity index (χ2n) is 21.9. The van der Waals surface area contributed by atoms with Crippen LogP contribution in [0.15, 0.2) is 83.9 Å². The predicted octanol–water partition coefficient (Wildman–Crippen LogP) is 8.15. The number of fused-ring (bicyclic) bond motifs is 3. The van der Waals surface area contributed by atoms with E-state index in [1.54, 1.807) is 47.4 Å². The Morgan fingerprint density at radius 1 is 1.00 bits per heavy atom. The molecule has 0 aliphatic carbocycles. The van der Waals surface area contributed by atoms with Crippen molar-refractivity contribution < 1.29 is 42.6 Å². The lowest BCUT2D eigenvalue weighted by atomic mass is 9.63. The van der Waals surface area contributed by atoms with Gasteiger partial charge in [0, 0.05) is 82.8 Å². The van der Waals surface area contributed by atoms with E-state index in [9.17, 15) is 24.0 Å². The highest BCUT2D eigenvalue weighted by molar-refractivity contribution is 6.31. The van der Waals surface area contributed by atoms with Crippen LogP contribution >= 0.6 is 23.2 Å². The molecule has 0 bridgehead atoms. The van der Waals surface area contributed by atoms with Crippen LogP contribution in [-0.2, 0) is 35.8 Å². The van der Waals surface area contributed by atoms with Gasteiger partial charge in [-0.25, -0.2) is 4.39 Å². The summed E-state index contributed by atoms with van der Waals surface area (Å²) in [6.07, 6.45) is 1.50. The zero-order valence-electron chi connectivity index (χ0n) is 42.2. The average molecular weight is 1050 g/mol. The van der Waals surface area contributed by atoms with Gasteiger partial charge in [-0.2, -0.15) is 0 Å². The Bertz CT molecular complexity index is 3110. The third-order valence-electron chi connectivity index (χ3n) is 15.4. The van der Waals surface area contributed by atoms with E-state index >= 15 is 4.39 Å². The number of nitrogens with zero attached hydrogens (tertiary/aromatic N) is 2. The first kappa shape index (κ1) is 51.2. The molecule has 386 valence electrons. The van der Waals surface area contributed by atoms with Crippen LogP contribution in [0.25, 0.3) is 0 Å². The molecule has 0 aromatic heterocycles. The number of hydrogen-bond acceptors (Lipinski definition) is 10. The first-order chi connectivity index (χ1) is 35.3. The molecular formula is C57H59Cl2FN6O8. The number of carbonyl (C=O) groups is 5. The molecule has 3 fully saturated rings. The lowest BCUT2D eigenvalue weighted by Gasteiger charge is -2.41. The minimum absolute atomic E-state index is 0.0431. The van der Waals surface area contributed by atoms with Crippen molar-refractivity contribution in [2.75, 3.05) is 50.7 Å². The minimum Gasteiger partial charge on any atom is -0.495 e. The smallest absolute Gasteiger partial charge is 0.255 e. The highest BCUT2D eigenvalue weighted by atomic mass is 35.5. The first-order valence-electron chi connectivity index (χ1n) is 25.0. The Hall–Kier alpha value is -6.28. The fourth-order valence-electron chi connectivity index (χ4n) is 11.9.